The standard InChI is InChI=1S/C21H20ClN5O3.H2S/c1-12-8-14(6-7-23-12)25-20(28)16-10-24-27-13(2)11-26(21(29)19(16)27)15-4-5-17(22)18(9-15)30-3;/h4-10,13H,11H2,1-3H3,(H,23,25,28);1H2/t13-;/m0./s1. The molecule has 0 saturated carbocycles. The molecule has 0 aliphatic carbocycles. The van der Waals surface area contributed by atoms with Crippen LogP contribution in [0.25, 0.3) is 0 Å². The number of aryl methyl sites for hydroxylation is 1. The number of pyridine rings is 1. The van der Waals surface area contributed by atoms with Crippen LogP contribution in [0.1, 0.15) is 39.5 Å². The Hall–Kier alpha value is -3.04. The van der Waals surface area contributed by atoms with E-state index in [0.29, 0.717) is 28.7 Å². The molecule has 2 aromatic heterocycles. The molecule has 0 saturated heterocycles. The van der Waals surface area contributed by atoms with Gasteiger partial charge in [0.05, 0.1) is 29.9 Å². The Balaban J connectivity index is 0.00000272. The molecule has 0 unspecified atom stereocenters. The number of aromatic nitrogens is 3. The number of carbonyl (C=O) groups excluding carboxylic acids is 2. The number of hydrogen-bond donors (Lipinski definition) is 1. The van der Waals surface area contributed by atoms with Crippen molar-refractivity contribution >= 4 is 48.3 Å². The number of benzene rings is 1. The molecule has 1 aromatic carbocycles. The van der Waals surface area contributed by atoms with Crippen LogP contribution in [0.4, 0.5) is 11.4 Å². The van der Waals surface area contributed by atoms with E-state index in [4.69, 9.17) is 16.3 Å². The molecular weight excluding hydrogens is 438 g/mol. The predicted octanol–water partition coefficient (Wildman–Crippen LogP) is 3.84. The predicted molar refractivity (Wildman–Crippen MR) is 124 cm³/mol. The summed E-state index contributed by atoms with van der Waals surface area (Å²) in [5.74, 6) is -0.247. The van der Waals surface area contributed by atoms with E-state index >= 15 is 0 Å². The summed E-state index contributed by atoms with van der Waals surface area (Å²) in [4.78, 5) is 32.0. The average molecular weight is 460 g/mol. The second kappa shape index (κ2) is 8.99. The molecule has 10 heteroatoms. The van der Waals surface area contributed by atoms with E-state index in [0.717, 1.165) is 5.69 Å². The van der Waals surface area contributed by atoms with E-state index < -0.39 is 5.91 Å². The zero-order valence-electron chi connectivity index (χ0n) is 17.2. The molecule has 2 amide bonds. The molecule has 8 nitrogen and oxygen atoms in total. The number of amides is 2. The quantitative estimate of drug-likeness (QED) is 0.640. The Morgan fingerprint density at radius 1 is 1.29 bits per heavy atom. The molecule has 4 rings (SSSR count). The maximum Gasteiger partial charge on any atom is 0.277 e. The summed E-state index contributed by atoms with van der Waals surface area (Å²) in [6.45, 7) is 4.18. The molecule has 1 aliphatic rings. The summed E-state index contributed by atoms with van der Waals surface area (Å²) in [6.07, 6.45) is 3.04. The lowest BCUT2D eigenvalue weighted by molar-refractivity contribution is 0.0939. The van der Waals surface area contributed by atoms with Gasteiger partial charge in [-0.15, -0.1) is 0 Å². The van der Waals surface area contributed by atoms with Gasteiger partial charge in [-0.1, -0.05) is 11.6 Å². The molecule has 31 heavy (non-hydrogen) atoms. The monoisotopic (exact) mass is 459 g/mol. The van der Waals surface area contributed by atoms with Crippen molar-refractivity contribution in [3.63, 3.8) is 0 Å². The molecule has 0 bridgehead atoms. The minimum Gasteiger partial charge on any atom is -0.495 e. The first-order valence-electron chi connectivity index (χ1n) is 9.36. The molecule has 0 radical (unpaired) electrons. The van der Waals surface area contributed by atoms with E-state index in [-0.39, 0.29) is 36.7 Å². The van der Waals surface area contributed by atoms with Gasteiger partial charge >= 0.3 is 0 Å². The fraction of sp³-hybridized carbons (Fsp3) is 0.238. The fourth-order valence-electron chi connectivity index (χ4n) is 3.49. The second-order valence-corrected chi connectivity index (χ2v) is 7.48. The third-order valence-corrected chi connectivity index (χ3v) is 5.27. The summed E-state index contributed by atoms with van der Waals surface area (Å²) >= 11 is 6.12. The molecule has 162 valence electrons. The van der Waals surface area contributed by atoms with Gasteiger partial charge in [-0.05, 0) is 38.1 Å². The van der Waals surface area contributed by atoms with E-state index in [1.54, 1.807) is 46.1 Å². The molecule has 0 fully saturated rings. The van der Waals surface area contributed by atoms with Crippen molar-refractivity contribution in [1.82, 2.24) is 14.8 Å². The summed E-state index contributed by atoms with van der Waals surface area (Å²) in [5.41, 5.74) is 2.47. The van der Waals surface area contributed by atoms with Crippen molar-refractivity contribution in [2.45, 2.75) is 19.9 Å². The fourth-order valence-corrected chi connectivity index (χ4v) is 3.68. The van der Waals surface area contributed by atoms with E-state index in [1.165, 1.54) is 13.3 Å². The van der Waals surface area contributed by atoms with Crippen LogP contribution < -0.4 is 15.0 Å². The van der Waals surface area contributed by atoms with Crippen molar-refractivity contribution in [3.8, 4) is 5.75 Å². The number of nitrogens with zero attached hydrogens (tertiary/aromatic N) is 4. The van der Waals surface area contributed by atoms with Crippen molar-refractivity contribution in [2.24, 2.45) is 0 Å². The van der Waals surface area contributed by atoms with Crippen LogP contribution in [-0.2, 0) is 0 Å². The van der Waals surface area contributed by atoms with Crippen molar-refractivity contribution in [3.05, 3.63) is 64.7 Å². The maximum absolute atomic E-state index is 13.3. The van der Waals surface area contributed by atoms with Crippen LogP contribution in [0, 0.1) is 6.92 Å². The topological polar surface area (TPSA) is 89.3 Å². The minimum absolute atomic E-state index is 0. The van der Waals surface area contributed by atoms with E-state index in [9.17, 15) is 9.59 Å². The van der Waals surface area contributed by atoms with Crippen LogP contribution >= 0.6 is 25.1 Å². The first-order valence-corrected chi connectivity index (χ1v) is 9.73. The molecular formula is C21H22ClN5O3S. The summed E-state index contributed by atoms with van der Waals surface area (Å²) in [5, 5.41) is 7.56. The number of anilines is 2. The van der Waals surface area contributed by atoms with Crippen LogP contribution in [0.2, 0.25) is 5.02 Å². The van der Waals surface area contributed by atoms with Gasteiger partial charge in [0.1, 0.15) is 11.4 Å². The van der Waals surface area contributed by atoms with Gasteiger partial charge in [-0.3, -0.25) is 19.3 Å². The van der Waals surface area contributed by atoms with Gasteiger partial charge < -0.3 is 15.0 Å². The van der Waals surface area contributed by atoms with Crippen LogP contribution in [-0.4, -0.2) is 40.2 Å². The number of nitrogens with one attached hydrogen (secondary N) is 1. The number of halogens is 1. The van der Waals surface area contributed by atoms with Crippen molar-refractivity contribution in [1.29, 1.82) is 0 Å². The number of fused-ring (bicyclic) bond motifs is 1. The van der Waals surface area contributed by atoms with E-state index in [1.807, 2.05) is 13.8 Å². The van der Waals surface area contributed by atoms with Crippen LogP contribution in [0.5, 0.6) is 5.75 Å². The normalized spacial score (nSPS) is 15.2. The SMILES string of the molecule is COc1cc(N2C[C@H](C)n3ncc(C(=O)Nc4ccnc(C)c4)c3C2=O)ccc1Cl.S. The molecule has 1 aliphatic heterocycles. The van der Waals surface area contributed by atoms with Gasteiger partial charge in [-0.2, -0.15) is 18.6 Å². The minimum atomic E-state index is -0.405. The number of hydrogen-bond acceptors (Lipinski definition) is 5. The largest absolute Gasteiger partial charge is 0.495 e. The van der Waals surface area contributed by atoms with E-state index in [2.05, 4.69) is 15.4 Å². The highest BCUT2D eigenvalue weighted by Gasteiger charge is 2.35. The first kappa shape index (κ1) is 22.6. The molecule has 1 atom stereocenters. The zero-order valence-corrected chi connectivity index (χ0v) is 19.0. The second-order valence-electron chi connectivity index (χ2n) is 7.08. The molecule has 1 N–H and O–H groups in total. The van der Waals surface area contributed by atoms with Gasteiger partial charge in [0.15, 0.2) is 0 Å². The van der Waals surface area contributed by atoms with Crippen molar-refractivity contribution in [2.75, 3.05) is 23.9 Å². The van der Waals surface area contributed by atoms with Gasteiger partial charge in [0.2, 0.25) is 0 Å². The number of ether oxygens (including phenoxy) is 1. The Kier molecular flexibility index (Phi) is 6.56. The summed E-state index contributed by atoms with van der Waals surface area (Å²) in [6, 6.07) is 8.46. The third kappa shape index (κ3) is 4.24. The van der Waals surface area contributed by atoms with Crippen LogP contribution in [0.15, 0.2) is 42.7 Å². The lowest BCUT2D eigenvalue weighted by atomic mass is 10.1. The smallest absolute Gasteiger partial charge is 0.277 e. The summed E-state index contributed by atoms with van der Waals surface area (Å²) < 4.78 is 6.87. The number of methoxy groups -OCH3 is 1. The Labute approximate surface area is 191 Å². The third-order valence-electron chi connectivity index (χ3n) is 4.95. The lowest BCUT2D eigenvalue weighted by Crippen LogP contribution is -2.43. The maximum atomic E-state index is 13.3. The number of carbonyl (C=O) groups is 2. The van der Waals surface area contributed by atoms with Gasteiger partial charge in [0, 0.05) is 35.9 Å². The zero-order chi connectivity index (χ0) is 21.4. The Morgan fingerprint density at radius 3 is 2.77 bits per heavy atom. The van der Waals surface area contributed by atoms with Crippen molar-refractivity contribution < 1.29 is 14.3 Å². The molecule has 3 aromatic rings. The highest BCUT2D eigenvalue weighted by atomic mass is 35.5. The molecule has 0 spiro atoms. The molecule has 3 heterocycles. The average Bonchev–Trinajstić information content (AvgIpc) is 3.17. The Morgan fingerprint density at radius 2 is 2.06 bits per heavy atom. The number of rotatable bonds is 4. The first-order chi connectivity index (χ1) is 14.4. The lowest BCUT2D eigenvalue weighted by Gasteiger charge is -2.32. The van der Waals surface area contributed by atoms with Crippen LogP contribution in [0.3, 0.4) is 0 Å². The highest BCUT2D eigenvalue weighted by molar-refractivity contribution is 7.59. The summed E-state index contributed by atoms with van der Waals surface area (Å²) in [7, 11) is 1.52. The van der Waals surface area contributed by atoms with Gasteiger partial charge in [-0.25, -0.2) is 0 Å². The Bertz CT molecular complexity index is 1150. The van der Waals surface area contributed by atoms with Gasteiger partial charge in [0.25, 0.3) is 11.8 Å². The highest BCUT2D eigenvalue weighted by Crippen LogP contribution is 2.33.